The van der Waals surface area contributed by atoms with Gasteiger partial charge < -0.3 is 5.32 Å². The second-order valence-corrected chi connectivity index (χ2v) is 4.47. The molecule has 1 aromatic rings. The van der Waals surface area contributed by atoms with Gasteiger partial charge in [-0.05, 0) is 36.8 Å². The molecule has 1 saturated heterocycles. The summed E-state index contributed by atoms with van der Waals surface area (Å²) in [6, 6.07) is 10.7. The van der Waals surface area contributed by atoms with E-state index in [1.165, 1.54) is 18.5 Å². The number of nitrogens with one attached hydrogen (secondary N) is 1. The lowest BCUT2D eigenvalue weighted by atomic mass is 9.83. The quantitative estimate of drug-likeness (QED) is 0.768. The van der Waals surface area contributed by atoms with Crippen molar-refractivity contribution >= 4 is 0 Å². The molecule has 1 N–H and O–H groups in total. The van der Waals surface area contributed by atoms with Crippen LogP contribution in [0.3, 0.4) is 0 Å². The van der Waals surface area contributed by atoms with Crippen LogP contribution in [0.5, 0.6) is 0 Å². The summed E-state index contributed by atoms with van der Waals surface area (Å²) in [6.07, 6.45) is 4.83. The normalized spacial score (nSPS) is 26.6. The minimum absolute atomic E-state index is 0.413. The number of rotatable bonds is 3. The summed E-state index contributed by atoms with van der Waals surface area (Å²) < 4.78 is 0. The minimum atomic E-state index is 0.413. The summed E-state index contributed by atoms with van der Waals surface area (Å²) in [6.45, 7) is 4.65. The molecule has 0 aliphatic carbocycles. The number of hydrogen-bond donors (Lipinski definition) is 1. The highest BCUT2D eigenvalue weighted by Crippen LogP contribution is 2.29. The Labute approximate surface area is 86.5 Å². The SMILES string of the molecule is CC1([CH]Cc2ccccc2)CCNC1. The second kappa shape index (κ2) is 4.14. The van der Waals surface area contributed by atoms with E-state index in [4.69, 9.17) is 0 Å². The maximum atomic E-state index is 3.42. The van der Waals surface area contributed by atoms with Crippen molar-refractivity contribution in [2.24, 2.45) is 5.41 Å². The Bertz CT molecular complexity index is 273. The van der Waals surface area contributed by atoms with Crippen LogP contribution in [0.15, 0.2) is 30.3 Å². The Morgan fingerprint density at radius 3 is 2.79 bits per heavy atom. The molecular formula is C13H18N. The molecule has 14 heavy (non-hydrogen) atoms. The van der Waals surface area contributed by atoms with Gasteiger partial charge in [0.15, 0.2) is 0 Å². The fourth-order valence-corrected chi connectivity index (χ4v) is 1.99. The average Bonchev–Trinajstić information content (AvgIpc) is 2.65. The lowest BCUT2D eigenvalue weighted by molar-refractivity contribution is 0.428. The first kappa shape index (κ1) is 9.72. The topological polar surface area (TPSA) is 12.0 Å². The van der Waals surface area contributed by atoms with Crippen LogP contribution in [-0.2, 0) is 6.42 Å². The fourth-order valence-electron chi connectivity index (χ4n) is 1.99. The Morgan fingerprint density at radius 2 is 2.14 bits per heavy atom. The van der Waals surface area contributed by atoms with E-state index in [-0.39, 0.29) is 0 Å². The van der Waals surface area contributed by atoms with Crippen molar-refractivity contribution < 1.29 is 0 Å². The van der Waals surface area contributed by atoms with Gasteiger partial charge >= 0.3 is 0 Å². The van der Waals surface area contributed by atoms with Gasteiger partial charge in [-0.2, -0.15) is 0 Å². The standard InChI is InChI=1S/C13H18N/c1-13(9-10-14-11-13)8-7-12-5-3-2-4-6-12/h2-6,8,14H,7,9-11H2,1H3. The van der Waals surface area contributed by atoms with Crippen LogP contribution in [0.2, 0.25) is 0 Å². The Hall–Kier alpha value is -0.820. The van der Waals surface area contributed by atoms with Crippen LogP contribution in [-0.4, -0.2) is 13.1 Å². The first-order valence-electron chi connectivity index (χ1n) is 5.38. The zero-order chi connectivity index (χ0) is 9.86. The Balaban J connectivity index is 1.88. The van der Waals surface area contributed by atoms with Gasteiger partial charge in [0.2, 0.25) is 0 Å². The highest BCUT2D eigenvalue weighted by Gasteiger charge is 2.27. The van der Waals surface area contributed by atoms with Crippen molar-refractivity contribution in [3.05, 3.63) is 42.3 Å². The summed E-state index contributed by atoms with van der Waals surface area (Å²) in [5, 5.41) is 3.42. The molecule has 1 aliphatic heterocycles. The van der Waals surface area contributed by atoms with Crippen LogP contribution in [0, 0.1) is 11.8 Å². The summed E-state index contributed by atoms with van der Waals surface area (Å²) in [5.74, 6) is 0. The number of benzene rings is 1. The third kappa shape index (κ3) is 2.36. The minimum Gasteiger partial charge on any atom is -0.316 e. The maximum Gasteiger partial charge on any atom is 0.000852 e. The molecule has 1 aromatic carbocycles. The van der Waals surface area contributed by atoms with Crippen molar-refractivity contribution in [3.8, 4) is 0 Å². The molecule has 1 atom stereocenters. The highest BCUT2D eigenvalue weighted by atomic mass is 14.9. The first-order chi connectivity index (χ1) is 6.79. The zero-order valence-corrected chi connectivity index (χ0v) is 8.79. The Kier molecular flexibility index (Phi) is 2.87. The van der Waals surface area contributed by atoms with Crippen molar-refractivity contribution in [3.63, 3.8) is 0 Å². The molecule has 1 fully saturated rings. The van der Waals surface area contributed by atoms with E-state index in [9.17, 15) is 0 Å². The summed E-state index contributed by atoms with van der Waals surface area (Å²) in [7, 11) is 0. The molecule has 0 spiro atoms. The molecule has 2 rings (SSSR count). The molecule has 1 radical (unpaired) electrons. The smallest absolute Gasteiger partial charge is 0.000852 e. The van der Waals surface area contributed by atoms with Crippen LogP contribution in [0.25, 0.3) is 0 Å². The van der Waals surface area contributed by atoms with Crippen molar-refractivity contribution in [2.75, 3.05) is 13.1 Å². The van der Waals surface area contributed by atoms with Crippen molar-refractivity contribution in [2.45, 2.75) is 19.8 Å². The van der Waals surface area contributed by atoms with Crippen LogP contribution in [0.4, 0.5) is 0 Å². The lowest BCUT2D eigenvalue weighted by Crippen LogP contribution is -2.21. The van der Waals surface area contributed by atoms with Gasteiger partial charge in [-0.25, -0.2) is 0 Å². The molecule has 1 heterocycles. The summed E-state index contributed by atoms with van der Waals surface area (Å²) >= 11 is 0. The molecule has 0 saturated carbocycles. The van der Waals surface area contributed by atoms with Gasteiger partial charge in [0.25, 0.3) is 0 Å². The van der Waals surface area contributed by atoms with Gasteiger partial charge in [0.05, 0.1) is 0 Å². The van der Waals surface area contributed by atoms with E-state index in [0.29, 0.717) is 5.41 Å². The maximum absolute atomic E-state index is 3.42. The predicted molar refractivity (Wildman–Crippen MR) is 60.0 cm³/mol. The first-order valence-corrected chi connectivity index (χ1v) is 5.38. The lowest BCUT2D eigenvalue weighted by Gasteiger charge is -2.21. The van der Waals surface area contributed by atoms with Crippen LogP contribution >= 0.6 is 0 Å². The van der Waals surface area contributed by atoms with E-state index in [2.05, 4.69) is 49.0 Å². The zero-order valence-electron chi connectivity index (χ0n) is 8.79. The Morgan fingerprint density at radius 1 is 1.36 bits per heavy atom. The van der Waals surface area contributed by atoms with Gasteiger partial charge in [-0.15, -0.1) is 0 Å². The largest absolute Gasteiger partial charge is 0.316 e. The molecule has 0 amide bonds. The van der Waals surface area contributed by atoms with Gasteiger partial charge in [0.1, 0.15) is 0 Å². The predicted octanol–water partition coefficient (Wildman–Crippen LogP) is 2.43. The molecular weight excluding hydrogens is 170 g/mol. The van der Waals surface area contributed by atoms with E-state index in [1.807, 2.05) is 0 Å². The molecule has 0 bridgehead atoms. The molecule has 1 nitrogen and oxygen atoms in total. The molecule has 1 heteroatoms. The fraction of sp³-hybridized carbons (Fsp3) is 0.462. The molecule has 0 aromatic heterocycles. The summed E-state index contributed by atoms with van der Waals surface area (Å²) in [4.78, 5) is 0. The van der Waals surface area contributed by atoms with Crippen molar-refractivity contribution in [1.82, 2.24) is 5.32 Å². The third-order valence-corrected chi connectivity index (χ3v) is 3.08. The van der Waals surface area contributed by atoms with E-state index in [1.54, 1.807) is 0 Å². The van der Waals surface area contributed by atoms with Crippen LogP contribution in [0.1, 0.15) is 18.9 Å². The third-order valence-electron chi connectivity index (χ3n) is 3.08. The van der Waals surface area contributed by atoms with Gasteiger partial charge in [-0.3, -0.25) is 0 Å². The van der Waals surface area contributed by atoms with Crippen molar-refractivity contribution in [1.29, 1.82) is 0 Å². The molecule has 1 unspecified atom stereocenters. The summed E-state index contributed by atoms with van der Waals surface area (Å²) in [5.41, 5.74) is 1.83. The second-order valence-electron chi connectivity index (χ2n) is 4.47. The molecule has 75 valence electrons. The van der Waals surface area contributed by atoms with E-state index in [0.717, 1.165) is 13.0 Å². The van der Waals surface area contributed by atoms with Crippen LogP contribution < -0.4 is 5.32 Å². The number of hydrogen-bond acceptors (Lipinski definition) is 1. The van der Waals surface area contributed by atoms with Gasteiger partial charge in [-0.1, -0.05) is 37.3 Å². The highest BCUT2D eigenvalue weighted by molar-refractivity contribution is 5.17. The molecule has 1 aliphatic rings. The van der Waals surface area contributed by atoms with E-state index < -0.39 is 0 Å². The van der Waals surface area contributed by atoms with Gasteiger partial charge in [0, 0.05) is 6.54 Å². The average molecular weight is 188 g/mol. The monoisotopic (exact) mass is 188 g/mol. The van der Waals surface area contributed by atoms with E-state index >= 15 is 0 Å².